The molecule has 1 amide bonds. The second kappa shape index (κ2) is 13.8. The number of likely N-dealkylation sites (tertiary alicyclic amines) is 1. The van der Waals surface area contributed by atoms with Crippen LogP contribution in [-0.4, -0.2) is 61.1 Å². The van der Waals surface area contributed by atoms with Gasteiger partial charge in [0.2, 0.25) is 8.32 Å². The van der Waals surface area contributed by atoms with Gasteiger partial charge in [-0.15, -0.1) is 0 Å². The summed E-state index contributed by atoms with van der Waals surface area (Å²) >= 11 is 0. The highest BCUT2D eigenvalue weighted by Gasteiger charge is 2.43. The zero-order valence-corrected chi connectivity index (χ0v) is 26.1. The lowest BCUT2D eigenvalue weighted by molar-refractivity contribution is -0.133. The van der Waals surface area contributed by atoms with Gasteiger partial charge >= 0.3 is 17.6 Å². The van der Waals surface area contributed by atoms with E-state index in [2.05, 4.69) is 38.7 Å². The Morgan fingerprint density at radius 2 is 1.61 bits per heavy atom. The summed E-state index contributed by atoms with van der Waals surface area (Å²) in [5.41, 5.74) is 11.1. The maximum atomic E-state index is 13.7. The smallest absolute Gasteiger partial charge is 0.421 e. The number of hydrogen-bond donors (Lipinski definition) is 0. The number of amides is 1. The van der Waals surface area contributed by atoms with Gasteiger partial charge in [-0.2, -0.15) is 4.79 Å². The van der Waals surface area contributed by atoms with Gasteiger partial charge in [-0.3, -0.25) is 14.7 Å². The molecule has 0 aromatic heterocycles. The van der Waals surface area contributed by atoms with E-state index in [1.165, 1.54) is 0 Å². The summed E-state index contributed by atoms with van der Waals surface area (Å²) in [5.74, 6) is -1.56. The minimum Gasteiger partial charge on any atom is -0.462 e. The van der Waals surface area contributed by atoms with Crippen molar-refractivity contribution in [3.8, 4) is 0 Å². The third kappa shape index (κ3) is 8.00. The molecule has 10 heteroatoms. The molecular formula is C31H42N4O5Si. The molecule has 2 aromatic carbocycles. The number of hydrogen-bond acceptors (Lipinski definition) is 6. The first-order valence-corrected chi connectivity index (χ1v) is 17.2. The van der Waals surface area contributed by atoms with Crippen LogP contribution in [0.2, 0.25) is 18.1 Å². The lowest BCUT2D eigenvalue weighted by Crippen LogP contribution is -2.49. The molecule has 0 aliphatic carbocycles. The van der Waals surface area contributed by atoms with Crippen molar-refractivity contribution in [1.29, 1.82) is 0 Å². The summed E-state index contributed by atoms with van der Waals surface area (Å²) in [6.45, 7) is 13.7. The lowest BCUT2D eigenvalue weighted by Gasteiger charge is -2.43. The molecule has 2 aromatic rings. The predicted molar refractivity (Wildman–Crippen MR) is 161 cm³/mol. The van der Waals surface area contributed by atoms with Crippen LogP contribution in [0.15, 0.2) is 54.6 Å². The third-order valence-corrected chi connectivity index (χ3v) is 12.1. The molecule has 1 atom stereocenters. The van der Waals surface area contributed by atoms with Crippen molar-refractivity contribution < 1.29 is 28.4 Å². The minimum absolute atomic E-state index is 0.163. The fourth-order valence-corrected chi connectivity index (χ4v) is 5.38. The SMILES string of the molecule is CCOC(=O)c1ccc(N(O[Si](C)(C)C(C)(C)C)C(CC(=O)C(=[N+]=[N-])C(=O)N2CCCCC2)c2ccccc2)cc1. The van der Waals surface area contributed by atoms with Gasteiger partial charge in [-0.25, -0.2) is 4.79 Å². The van der Waals surface area contributed by atoms with Crippen LogP contribution in [0, 0.1) is 0 Å². The summed E-state index contributed by atoms with van der Waals surface area (Å²) in [7, 11) is -2.46. The molecule has 220 valence electrons. The van der Waals surface area contributed by atoms with E-state index < -0.39 is 37.7 Å². The number of carbonyl (C=O) groups excluding carboxylic acids is 3. The van der Waals surface area contributed by atoms with Gasteiger partial charge in [0.1, 0.15) is 0 Å². The Balaban J connectivity index is 2.06. The number of nitrogens with zero attached hydrogens (tertiary/aromatic N) is 4. The summed E-state index contributed by atoms with van der Waals surface area (Å²) in [5, 5.41) is 1.56. The highest BCUT2D eigenvalue weighted by atomic mass is 28.4. The highest BCUT2D eigenvalue weighted by molar-refractivity contribution is 6.74. The third-order valence-electron chi connectivity index (χ3n) is 7.82. The van der Waals surface area contributed by atoms with E-state index in [-0.39, 0.29) is 18.1 Å². The fraction of sp³-hybridized carbons (Fsp3) is 0.484. The van der Waals surface area contributed by atoms with Crippen LogP contribution in [0.25, 0.3) is 5.53 Å². The molecule has 0 N–H and O–H groups in total. The molecule has 1 heterocycles. The molecule has 1 aliphatic heterocycles. The quantitative estimate of drug-likeness (QED) is 0.0616. The molecule has 0 spiro atoms. The molecule has 41 heavy (non-hydrogen) atoms. The first-order chi connectivity index (χ1) is 19.4. The van der Waals surface area contributed by atoms with Crippen LogP contribution in [-0.2, 0) is 18.9 Å². The number of benzene rings is 2. The number of ketones is 1. The highest BCUT2D eigenvalue weighted by Crippen LogP contribution is 2.41. The zero-order valence-electron chi connectivity index (χ0n) is 25.1. The number of rotatable bonds is 11. The van der Waals surface area contributed by atoms with Gasteiger partial charge in [-0.1, -0.05) is 51.1 Å². The number of esters is 1. The van der Waals surface area contributed by atoms with E-state index in [4.69, 9.17) is 9.26 Å². The van der Waals surface area contributed by atoms with Crippen LogP contribution in [0.4, 0.5) is 5.69 Å². The molecule has 1 aliphatic rings. The topological polar surface area (TPSA) is 113 Å². The van der Waals surface area contributed by atoms with E-state index in [0.717, 1.165) is 24.8 Å². The van der Waals surface area contributed by atoms with Crippen molar-refractivity contribution in [3.05, 3.63) is 71.3 Å². The van der Waals surface area contributed by atoms with E-state index >= 15 is 0 Å². The molecular weight excluding hydrogens is 536 g/mol. The average molecular weight is 579 g/mol. The number of carbonyl (C=O) groups is 3. The number of hydroxylamine groups is 1. The van der Waals surface area contributed by atoms with Gasteiger partial charge in [0.25, 0.3) is 5.78 Å². The Bertz CT molecular complexity index is 1260. The first-order valence-electron chi connectivity index (χ1n) is 14.2. The van der Waals surface area contributed by atoms with E-state index in [1.54, 1.807) is 41.2 Å². The lowest BCUT2D eigenvalue weighted by atomic mass is 9.97. The van der Waals surface area contributed by atoms with Crippen molar-refractivity contribution in [2.24, 2.45) is 0 Å². The Morgan fingerprint density at radius 3 is 2.15 bits per heavy atom. The van der Waals surface area contributed by atoms with Gasteiger partial charge in [0.05, 0.1) is 23.9 Å². The second-order valence-corrected chi connectivity index (χ2v) is 16.5. The Morgan fingerprint density at radius 1 is 1.00 bits per heavy atom. The van der Waals surface area contributed by atoms with Crippen LogP contribution < -0.4 is 5.06 Å². The first kappa shape index (κ1) is 31.9. The number of ether oxygens (including phenoxy) is 1. The standard InChI is InChI=1S/C31H42N4O5Si/c1-7-39-30(38)24-16-18-25(19-17-24)35(40-41(5,6)31(2,3)4)26(23-14-10-8-11-15-23)22-27(36)28(33-32)29(37)34-20-12-9-13-21-34/h8,10-11,14-19,26H,7,9,12-13,20-22H2,1-6H3. The largest absolute Gasteiger partial charge is 0.462 e. The summed E-state index contributed by atoms with van der Waals surface area (Å²) in [6.07, 6.45) is 2.55. The average Bonchev–Trinajstić information content (AvgIpc) is 2.95. The van der Waals surface area contributed by atoms with E-state index in [1.807, 2.05) is 30.3 Å². The number of piperidine rings is 1. The van der Waals surface area contributed by atoms with Gasteiger partial charge in [0, 0.05) is 19.5 Å². The van der Waals surface area contributed by atoms with Crippen LogP contribution in [0.5, 0.6) is 0 Å². The number of anilines is 1. The zero-order chi connectivity index (χ0) is 30.2. The normalized spacial score (nSPS) is 14.5. The van der Waals surface area contributed by atoms with Crippen LogP contribution >= 0.6 is 0 Å². The maximum Gasteiger partial charge on any atom is 0.421 e. The maximum absolute atomic E-state index is 13.7. The molecule has 0 saturated carbocycles. The molecule has 9 nitrogen and oxygen atoms in total. The van der Waals surface area contributed by atoms with E-state index in [9.17, 15) is 19.9 Å². The van der Waals surface area contributed by atoms with E-state index in [0.29, 0.717) is 24.3 Å². The molecule has 0 radical (unpaired) electrons. The van der Waals surface area contributed by atoms with Crippen molar-refractivity contribution in [3.63, 3.8) is 0 Å². The minimum atomic E-state index is -2.46. The summed E-state index contributed by atoms with van der Waals surface area (Å²) in [4.78, 5) is 43.9. The molecule has 0 bridgehead atoms. The summed E-state index contributed by atoms with van der Waals surface area (Å²) < 4.78 is 12.0. The Hall–Kier alpha value is -3.59. The van der Waals surface area contributed by atoms with Gasteiger partial charge in [-0.05, 0) is 74.1 Å². The van der Waals surface area contributed by atoms with Crippen molar-refractivity contribution in [1.82, 2.24) is 4.90 Å². The number of Topliss-reactive ketones (excluding diaryl/α,β-unsaturated/α-hetero) is 1. The molecule has 1 fully saturated rings. The van der Waals surface area contributed by atoms with Crippen LogP contribution in [0.3, 0.4) is 0 Å². The predicted octanol–water partition coefficient (Wildman–Crippen LogP) is 5.99. The van der Waals surface area contributed by atoms with Crippen molar-refractivity contribution in [2.75, 3.05) is 24.8 Å². The Kier molecular flexibility index (Phi) is 10.8. The molecule has 3 rings (SSSR count). The second-order valence-electron chi connectivity index (χ2n) is 11.8. The fourth-order valence-electron chi connectivity index (χ4n) is 4.39. The summed E-state index contributed by atoms with van der Waals surface area (Å²) in [6, 6.07) is 15.6. The van der Waals surface area contributed by atoms with Crippen molar-refractivity contribution in [2.45, 2.75) is 77.6 Å². The van der Waals surface area contributed by atoms with Crippen LogP contribution in [0.1, 0.15) is 75.3 Å². The molecule has 1 unspecified atom stereocenters. The molecule has 1 saturated heterocycles. The van der Waals surface area contributed by atoms with Gasteiger partial charge in [0.15, 0.2) is 0 Å². The van der Waals surface area contributed by atoms with Gasteiger partial charge < -0.3 is 19.7 Å². The van der Waals surface area contributed by atoms with Crippen molar-refractivity contribution >= 4 is 37.4 Å². The monoisotopic (exact) mass is 578 g/mol. The Labute approximate surface area is 244 Å².